The molecule has 0 saturated carbocycles. The van der Waals surface area contributed by atoms with E-state index in [9.17, 15) is 4.79 Å². The van der Waals surface area contributed by atoms with Crippen LogP contribution in [-0.2, 0) is 7.05 Å². The summed E-state index contributed by atoms with van der Waals surface area (Å²) >= 11 is 0. The molecule has 2 N–H and O–H groups in total. The lowest BCUT2D eigenvalue weighted by Crippen LogP contribution is -2.16. The van der Waals surface area contributed by atoms with E-state index < -0.39 is 5.91 Å². The summed E-state index contributed by atoms with van der Waals surface area (Å²) in [5, 5.41) is 0.942. The maximum atomic E-state index is 10.9. The second-order valence-corrected chi connectivity index (χ2v) is 3.16. The molecule has 2 rings (SSSR count). The van der Waals surface area contributed by atoms with Crippen molar-refractivity contribution in [3.05, 3.63) is 23.8 Å². The van der Waals surface area contributed by atoms with Gasteiger partial charge in [-0.2, -0.15) is 0 Å². The van der Waals surface area contributed by atoms with E-state index in [0.717, 1.165) is 16.7 Å². The number of nitrogens with zero attached hydrogens (tertiary/aromatic N) is 3. The molecule has 5 heteroatoms. The molecule has 2 heterocycles. The number of hydrogen-bond acceptors (Lipinski definition) is 3. The number of primary amides is 1. The molecular weight excluding hydrogens is 180 g/mol. The predicted octanol–water partition coefficient (Wildman–Crippen LogP) is 0.376. The summed E-state index contributed by atoms with van der Waals surface area (Å²) in [6.07, 6.45) is 1.87. The van der Waals surface area contributed by atoms with Gasteiger partial charge in [0.2, 0.25) is 5.82 Å². The first-order chi connectivity index (χ1) is 6.59. The van der Waals surface area contributed by atoms with E-state index in [0.29, 0.717) is 0 Å². The van der Waals surface area contributed by atoms with Gasteiger partial charge in [-0.3, -0.25) is 4.79 Å². The zero-order chi connectivity index (χ0) is 10.3. The van der Waals surface area contributed by atoms with Gasteiger partial charge in [0.05, 0.1) is 5.69 Å². The SMILES string of the molecule is Cc1nc(C(N)=O)nc2c1ccn2C. The summed E-state index contributed by atoms with van der Waals surface area (Å²) in [4.78, 5) is 19.0. The van der Waals surface area contributed by atoms with Crippen LogP contribution in [0.5, 0.6) is 0 Å². The van der Waals surface area contributed by atoms with Crippen LogP contribution in [0, 0.1) is 6.92 Å². The summed E-state index contributed by atoms with van der Waals surface area (Å²) in [6, 6.07) is 1.91. The number of nitrogens with two attached hydrogens (primary N) is 1. The quantitative estimate of drug-likeness (QED) is 0.706. The summed E-state index contributed by atoms with van der Waals surface area (Å²) < 4.78 is 1.83. The standard InChI is InChI=1S/C9H10N4O/c1-5-6-3-4-13(2)9(6)12-8(11-5)7(10)14/h3-4H,1-2H3,(H2,10,14). The van der Waals surface area contributed by atoms with Crippen molar-refractivity contribution >= 4 is 16.9 Å². The highest BCUT2D eigenvalue weighted by Crippen LogP contribution is 2.15. The van der Waals surface area contributed by atoms with E-state index in [1.54, 1.807) is 0 Å². The number of aryl methyl sites for hydroxylation is 2. The Hall–Kier alpha value is -1.91. The molecule has 0 fully saturated rings. The van der Waals surface area contributed by atoms with E-state index in [2.05, 4.69) is 9.97 Å². The minimum Gasteiger partial charge on any atom is -0.363 e. The number of aromatic nitrogens is 3. The van der Waals surface area contributed by atoms with Crippen molar-refractivity contribution in [1.29, 1.82) is 0 Å². The molecular formula is C9H10N4O. The normalized spacial score (nSPS) is 10.7. The second-order valence-electron chi connectivity index (χ2n) is 3.16. The van der Waals surface area contributed by atoms with Gasteiger partial charge in [-0.25, -0.2) is 9.97 Å². The van der Waals surface area contributed by atoms with Crippen molar-refractivity contribution in [2.75, 3.05) is 0 Å². The average molecular weight is 190 g/mol. The average Bonchev–Trinajstić information content (AvgIpc) is 2.48. The molecule has 0 aliphatic heterocycles. The molecule has 14 heavy (non-hydrogen) atoms. The summed E-state index contributed by atoms with van der Waals surface area (Å²) in [5.41, 5.74) is 6.62. The molecule has 0 radical (unpaired) electrons. The largest absolute Gasteiger partial charge is 0.363 e. The fourth-order valence-electron chi connectivity index (χ4n) is 1.40. The van der Waals surface area contributed by atoms with Crippen LogP contribution >= 0.6 is 0 Å². The maximum absolute atomic E-state index is 10.9. The molecule has 0 saturated heterocycles. The van der Waals surface area contributed by atoms with E-state index >= 15 is 0 Å². The lowest BCUT2D eigenvalue weighted by Gasteiger charge is -2.00. The van der Waals surface area contributed by atoms with Crippen LogP contribution in [0.4, 0.5) is 0 Å². The van der Waals surface area contributed by atoms with E-state index in [1.807, 2.05) is 30.8 Å². The van der Waals surface area contributed by atoms with Crippen molar-refractivity contribution in [1.82, 2.24) is 14.5 Å². The van der Waals surface area contributed by atoms with Crippen LogP contribution in [0.3, 0.4) is 0 Å². The number of rotatable bonds is 1. The molecule has 0 atom stereocenters. The smallest absolute Gasteiger partial charge is 0.286 e. The Balaban J connectivity index is 2.82. The van der Waals surface area contributed by atoms with Crippen molar-refractivity contribution in [3.63, 3.8) is 0 Å². The number of carbonyl (C=O) groups excluding carboxylic acids is 1. The lowest BCUT2D eigenvalue weighted by atomic mass is 10.3. The van der Waals surface area contributed by atoms with E-state index in [4.69, 9.17) is 5.73 Å². The third kappa shape index (κ3) is 1.14. The molecule has 0 unspecified atom stereocenters. The zero-order valence-corrected chi connectivity index (χ0v) is 7.98. The Kier molecular flexibility index (Phi) is 1.73. The maximum Gasteiger partial charge on any atom is 0.286 e. The molecule has 2 aromatic heterocycles. The number of amides is 1. The topological polar surface area (TPSA) is 73.8 Å². The van der Waals surface area contributed by atoms with Crippen LogP contribution in [-0.4, -0.2) is 20.4 Å². The molecule has 1 amide bonds. The lowest BCUT2D eigenvalue weighted by molar-refractivity contribution is 0.0990. The third-order valence-electron chi connectivity index (χ3n) is 2.14. The monoisotopic (exact) mass is 190 g/mol. The Labute approximate surface area is 80.6 Å². The molecule has 0 aromatic carbocycles. The molecule has 5 nitrogen and oxygen atoms in total. The van der Waals surface area contributed by atoms with Gasteiger partial charge >= 0.3 is 0 Å². The first kappa shape index (κ1) is 8.68. The van der Waals surface area contributed by atoms with Gasteiger partial charge in [-0.1, -0.05) is 0 Å². The molecule has 0 aliphatic carbocycles. The van der Waals surface area contributed by atoms with E-state index in [-0.39, 0.29) is 5.82 Å². The van der Waals surface area contributed by atoms with Crippen LogP contribution in [0.2, 0.25) is 0 Å². The van der Waals surface area contributed by atoms with Crippen molar-refractivity contribution in [2.45, 2.75) is 6.92 Å². The molecule has 0 spiro atoms. The van der Waals surface area contributed by atoms with E-state index in [1.165, 1.54) is 0 Å². The number of fused-ring (bicyclic) bond motifs is 1. The van der Waals surface area contributed by atoms with Gasteiger partial charge in [0, 0.05) is 18.6 Å². The highest BCUT2D eigenvalue weighted by atomic mass is 16.1. The van der Waals surface area contributed by atoms with Crippen LogP contribution in [0.15, 0.2) is 12.3 Å². The minimum atomic E-state index is -0.601. The van der Waals surface area contributed by atoms with Crippen molar-refractivity contribution in [3.8, 4) is 0 Å². The fourth-order valence-corrected chi connectivity index (χ4v) is 1.40. The van der Waals surface area contributed by atoms with Gasteiger partial charge in [-0.15, -0.1) is 0 Å². The summed E-state index contributed by atoms with van der Waals surface area (Å²) in [6.45, 7) is 1.83. The van der Waals surface area contributed by atoms with Gasteiger partial charge in [0.25, 0.3) is 5.91 Å². The Morgan fingerprint density at radius 3 is 2.86 bits per heavy atom. The van der Waals surface area contributed by atoms with Crippen LogP contribution in [0.1, 0.15) is 16.3 Å². The van der Waals surface area contributed by atoms with Gasteiger partial charge in [-0.05, 0) is 13.0 Å². The van der Waals surface area contributed by atoms with Crippen LogP contribution in [0.25, 0.3) is 11.0 Å². The summed E-state index contributed by atoms with van der Waals surface area (Å²) in [7, 11) is 1.86. The highest BCUT2D eigenvalue weighted by molar-refractivity contribution is 5.91. The Morgan fingerprint density at radius 2 is 2.21 bits per heavy atom. The zero-order valence-electron chi connectivity index (χ0n) is 7.98. The fraction of sp³-hybridized carbons (Fsp3) is 0.222. The summed E-state index contributed by atoms with van der Waals surface area (Å²) in [5.74, 6) is -0.534. The highest BCUT2D eigenvalue weighted by Gasteiger charge is 2.10. The van der Waals surface area contributed by atoms with Crippen LogP contribution < -0.4 is 5.73 Å². The van der Waals surface area contributed by atoms with Gasteiger partial charge in [0.15, 0.2) is 0 Å². The molecule has 2 aromatic rings. The number of carbonyl (C=O) groups is 1. The van der Waals surface area contributed by atoms with Gasteiger partial charge in [0.1, 0.15) is 5.65 Å². The first-order valence-corrected chi connectivity index (χ1v) is 4.19. The van der Waals surface area contributed by atoms with Gasteiger partial charge < -0.3 is 10.3 Å². The molecule has 0 aliphatic rings. The predicted molar refractivity (Wildman–Crippen MR) is 51.8 cm³/mol. The third-order valence-corrected chi connectivity index (χ3v) is 2.14. The van der Waals surface area contributed by atoms with Crippen molar-refractivity contribution in [2.24, 2.45) is 12.8 Å². The molecule has 72 valence electrons. The van der Waals surface area contributed by atoms with Crippen molar-refractivity contribution < 1.29 is 4.79 Å². The Bertz CT molecular complexity index is 515. The second kappa shape index (κ2) is 2.80. The number of hydrogen-bond donors (Lipinski definition) is 1. The first-order valence-electron chi connectivity index (χ1n) is 4.19. The Morgan fingerprint density at radius 1 is 1.50 bits per heavy atom. The molecule has 0 bridgehead atoms. The minimum absolute atomic E-state index is 0.0665.